The van der Waals surface area contributed by atoms with Crippen LogP contribution in [-0.2, 0) is 9.59 Å². The van der Waals surface area contributed by atoms with Crippen molar-refractivity contribution in [2.45, 2.75) is 44.9 Å². The van der Waals surface area contributed by atoms with Crippen LogP contribution < -0.4 is 10.1 Å². The average Bonchev–Trinajstić information content (AvgIpc) is 3.60. The molecule has 3 aromatic rings. The molecule has 2 unspecified atom stereocenters. The Morgan fingerprint density at radius 2 is 1.91 bits per heavy atom. The SMILES string of the molecule is CC(C)(C)Oc1cc(C(=O)CC(=O)O)ccc1C1=NC(c2ncco2)C(c2ccc(Cl)cc2)N1C(=O)N1CCNC(=O)C1. The number of ketones is 1. The molecule has 1 saturated heterocycles. The van der Waals surface area contributed by atoms with E-state index in [4.69, 9.17) is 30.9 Å². The van der Waals surface area contributed by atoms with E-state index in [1.807, 2.05) is 20.8 Å². The topological polar surface area (TPSA) is 155 Å². The highest BCUT2D eigenvalue weighted by molar-refractivity contribution is 6.30. The number of aliphatic carboxylic acids is 1. The fourth-order valence-electron chi connectivity index (χ4n) is 5.00. The first-order valence-corrected chi connectivity index (χ1v) is 13.9. The number of nitrogens with zero attached hydrogens (tertiary/aromatic N) is 4. The third kappa shape index (κ3) is 6.54. The van der Waals surface area contributed by atoms with Gasteiger partial charge in [0.25, 0.3) is 0 Å². The Labute approximate surface area is 252 Å². The van der Waals surface area contributed by atoms with Crippen molar-refractivity contribution < 1.29 is 33.4 Å². The van der Waals surface area contributed by atoms with Crippen molar-refractivity contribution in [1.82, 2.24) is 20.1 Å². The summed E-state index contributed by atoms with van der Waals surface area (Å²) in [6, 6.07) is 9.47. The average molecular weight is 608 g/mol. The molecule has 2 aromatic carbocycles. The molecular weight excluding hydrogens is 578 g/mol. The largest absolute Gasteiger partial charge is 0.487 e. The number of hydrogen-bond donors (Lipinski definition) is 2. The molecule has 3 amide bonds. The molecule has 2 atom stereocenters. The number of oxazole rings is 1. The van der Waals surface area contributed by atoms with Crippen molar-refractivity contribution in [3.63, 3.8) is 0 Å². The number of halogens is 1. The van der Waals surface area contributed by atoms with Crippen molar-refractivity contribution in [2.24, 2.45) is 4.99 Å². The van der Waals surface area contributed by atoms with Crippen LogP contribution in [0, 0.1) is 0 Å². The van der Waals surface area contributed by atoms with Crippen LogP contribution >= 0.6 is 11.6 Å². The zero-order valence-corrected chi connectivity index (χ0v) is 24.5. The van der Waals surface area contributed by atoms with E-state index in [-0.39, 0.29) is 42.0 Å². The molecule has 5 rings (SSSR count). The van der Waals surface area contributed by atoms with Gasteiger partial charge in [0.2, 0.25) is 11.8 Å². The molecule has 2 aliphatic rings. The molecule has 2 N–H and O–H groups in total. The number of carbonyl (C=O) groups is 4. The molecular formula is C30H30ClN5O7. The maximum Gasteiger partial charge on any atom is 0.326 e. The molecule has 0 saturated carbocycles. The zero-order chi connectivity index (χ0) is 30.9. The summed E-state index contributed by atoms with van der Waals surface area (Å²) in [5.74, 6) is -1.46. The van der Waals surface area contributed by atoms with E-state index in [1.165, 1.54) is 34.4 Å². The maximum atomic E-state index is 14.3. The number of amidine groups is 1. The fourth-order valence-corrected chi connectivity index (χ4v) is 5.12. The molecule has 3 heterocycles. The fraction of sp³-hybridized carbons (Fsp3) is 0.333. The first-order chi connectivity index (χ1) is 20.4. The monoisotopic (exact) mass is 607 g/mol. The number of piperazine rings is 1. The van der Waals surface area contributed by atoms with Gasteiger partial charge in [-0.1, -0.05) is 29.8 Å². The second kappa shape index (κ2) is 11.9. The van der Waals surface area contributed by atoms with E-state index in [2.05, 4.69) is 10.3 Å². The van der Waals surface area contributed by atoms with E-state index in [0.29, 0.717) is 22.7 Å². The number of urea groups is 1. The number of nitrogens with one attached hydrogen (secondary N) is 1. The van der Waals surface area contributed by atoms with Gasteiger partial charge in [-0.15, -0.1) is 0 Å². The Morgan fingerprint density at radius 1 is 1.16 bits per heavy atom. The van der Waals surface area contributed by atoms with Crippen LogP contribution in [-0.4, -0.2) is 74.7 Å². The number of carboxylic acids is 1. The molecule has 1 aromatic heterocycles. The minimum atomic E-state index is -1.26. The van der Waals surface area contributed by atoms with Crippen LogP contribution in [0.5, 0.6) is 5.75 Å². The molecule has 0 radical (unpaired) electrons. The van der Waals surface area contributed by atoms with E-state index >= 15 is 0 Å². The summed E-state index contributed by atoms with van der Waals surface area (Å²) in [4.78, 5) is 62.8. The second-order valence-electron chi connectivity index (χ2n) is 11.1. The van der Waals surface area contributed by atoms with Crippen LogP contribution in [0.3, 0.4) is 0 Å². The van der Waals surface area contributed by atoms with Gasteiger partial charge in [-0.25, -0.2) is 9.78 Å². The van der Waals surface area contributed by atoms with Crippen LogP contribution in [0.15, 0.2) is 64.3 Å². The van der Waals surface area contributed by atoms with Gasteiger partial charge in [-0.05, 0) is 50.6 Å². The Bertz CT molecular complexity index is 1580. The van der Waals surface area contributed by atoms with Crippen molar-refractivity contribution in [3.05, 3.63) is 82.5 Å². The second-order valence-corrected chi connectivity index (χ2v) is 11.5. The summed E-state index contributed by atoms with van der Waals surface area (Å²) in [6.45, 7) is 5.88. The zero-order valence-electron chi connectivity index (χ0n) is 23.7. The number of amides is 3. The molecule has 0 aliphatic carbocycles. The number of aromatic nitrogens is 1. The summed E-state index contributed by atoms with van der Waals surface area (Å²) >= 11 is 6.20. The Balaban J connectivity index is 1.69. The van der Waals surface area contributed by atoms with E-state index in [9.17, 15) is 19.2 Å². The van der Waals surface area contributed by atoms with Crippen LogP contribution in [0.1, 0.15) is 66.7 Å². The number of Topliss-reactive ketones (excluding diaryl/α,β-unsaturated/α-hetero) is 1. The molecule has 0 bridgehead atoms. The number of carbonyl (C=O) groups excluding carboxylic acids is 3. The molecule has 0 spiro atoms. The third-order valence-corrected chi connectivity index (χ3v) is 7.02. The van der Waals surface area contributed by atoms with E-state index in [1.54, 1.807) is 30.3 Å². The number of carboxylic acid groups (broad SMARTS) is 1. The number of rotatable bonds is 7. The molecule has 12 nitrogen and oxygen atoms in total. The summed E-state index contributed by atoms with van der Waals surface area (Å²) in [7, 11) is 0. The highest BCUT2D eigenvalue weighted by Gasteiger charge is 2.47. The van der Waals surface area contributed by atoms with Crippen molar-refractivity contribution in [2.75, 3.05) is 19.6 Å². The first-order valence-electron chi connectivity index (χ1n) is 13.6. The predicted octanol–water partition coefficient (Wildman–Crippen LogP) is 4.26. The molecule has 13 heteroatoms. The highest BCUT2D eigenvalue weighted by atomic mass is 35.5. The number of benzene rings is 2. The van der Waals surface area contributed by atoms with Crippen molar-refractivity contribution in [1.29, 1.82) is 0 Å². The van der Waals surface area contributed by atoms with Gasteiger partial charge in [0.1, 0.15) is 36.4 Å². The summed E-state index contributed by atoms with van der Waals surface area (Å²) in [5.41, 5.74) is 0.463. The lowest BCUT2D eigenvalue weighted by atomic mass is 9.98. The summed E-state index contributed by atoms with van der Waals surface area (Å²) in [5, 5.41) is 12.4. The Morgan fingerprint density at radius 3 is 2.53 bits per heavy atom. The first kappa shape index (κ1) is 29.8. The van der Waals surface area contributed by atoms with Gasteiger partial charge in [0, 0.05) is 23.7 Å². The molecule has 1 fully saturated rings. The quantitative estimate of drug-likeness (QED) is 0.298. The molecule has 224 valence electrons. The number of ether oxygens (including phenoxy) is 1. The van der Waals surface area contributed by atoms with Gasteiger partial charge >= 0.3 is 12.0 Å². The number of aliphatic imine (C=N–C) groups is 1. The lowest BCUT2D eigenvalue weighted by Gasteiger charge is -2.35. The summed E-state index contributed by atoms with van der Waals surface area (Å²) < 4.78 is 11.9. The normalized spacial score (nSPS) is 18.7. The Hall–Kier alpha value is -4.71. The molecule has 2 aliphatic heterocycles. The van der Waals surface area contributed by atoms with Crippen molar-refractivity contribution in [3.8, 4) is 5.75 Å². The van der Waals surface area contributed by atoms with Crippen LogP contribution in [0.4, 0.5) is 4.79 Å². The smallest absolute Gasteiger partial charge is 0.326 e. The highest BCUT2D eigenvalue weighted by Crippen LogP contribution is 2.45. The van der Waals surface area contributed by atoms with Gasteiger partial charge < -0.3 is 24.5 Å². The van der Waals surface area contributed by atoms with E-state index in [0.717, 1.165) is 0 Å². The van der Waals surface area contributed by atoms with Gasteiger partial charge in [-0.2, -0.15) is 0 Å². The minimum absolute atomic E-state index is 0.132. The van der Waals surface area contributed by atoms with Crippen molar-refractivity contribution >= 4 is 41.1 Å². The Kier molecular flexibility index (Phi) is 8.23. The number of hydrogen-bond acceptors (Lipinski definition) is 8. The van der Waals surface area contributed by atoms with E-state index < -0.39 is 41.9 Å². The van der Waals surface area contributed by atoms with Gasteiger partial charge in [0.05, 0.1) is 17.8 Å². The lowest BCUT2D eigenvalue weighted by molar-refractivity contribution is -0.136. The van der Waals surface area contributed by atoms with Gasteiger partial charge in [0.15, 0.2) is 11.8 Å². The third-order valence-electron chi connectivity index (χ3n) is 6.77. The predicted molar refractivity (Wildman–Crippen MR) is 155 cm³/mol. The summed E-state index contributed by atoms with van der Waals surface area (Å²) in [6.07, 6.45) is 2.21. The maximum absolute atomic E-state index is 14.3. The minimum Gasteiger partial charge on any atom is -0.487 e. The van der Waals surface area contributed by atoms with Gasteiger partial charge in [-0.3, -0.25) is 24.3 Å². The van der Waals surface area contributed by atoms with Crippen LogP contribution in [0.2, 0.25) is 5.02 Å². The lowest BCUT2D eigenvalue weighted by Crippen LogP contribution is -2.55. The standard InChI is InChI=1S/C30H30ClN5O7/c1-30(2,3)43-22-14-18(21(37)15-24(39)40)6-9-20(22)27-34-25(28-33-11-13-42-28)26(17-4-7-19(31)8-5-17)36(27)29(41)35-12-10-32-23(38)16-35/h4-9,11,13-14,25-26H,10,12,15-16H2,1-3H3,(H,32,38)(H,39,40). The van der Waals surface area contributed by atoms with Crippen LogP contribution in [0.25, 0.3) is 0 Å². The molecule has 43 heavy (non-hydrogen) atoms.